The van der Waals surface area contributed by atoms with Gasteiger partial charge in [-0.15, -0.1) is 0 Å². The fourth-order valence-electron chi connectivity index (χ4n) is 3.91. The molecule has 0 spiro atoms. The molecule has 3 aromatic rings. The Hall–Kier alpha value is -4.34. The zero-order chi connectivity index (χ0) is 25.3. The molecule has 0 bridgehead atoms. The number of nitrogens with one attached hydrogen (secondary N) is 2. The summed E-state index contributed by atoms with van der Waals surface area (Å²) in [4.78, 5) is 42.8. The van der Waals surface area contributed by atoms with Crippen LogP contribution < -0.4 is 25.0 Å². The number of anilines is 2. The Kier molecular flexibility index (Phi) is 8.17. The number of nitrogens with zero attached hydrogens (tertiary/aromatic N) is 3. The molecule has 2 aromatic carbocycles. The van der Waals surface area contributed by atoms with Crippen LogP contribution in [0.5, 0.6) is 11.5 Å². The Labute approximate surface area is 209 Å². The number of aryl methyl sites for hydroxylation is 1. The highest BCUT2D eigenvalue weighted by molar-refractivity contribution is 6.00. The second-order valence-corrected chi connectivity index (χ2v) is 8.41. The number of methoxy groups -OCH3 is 1. The maximum Gasteiger partial charge on any atom is 0.262 e. The molecular formula is C26H29N5O5. The Morgan fingerprint density at radius 3 is 2.53 bits per heavy atom. The van der Waals surface area contributed by atoms with Gasteiger partial charge in [0.15, 0.2) is 6.61 Å². The average molecular weight is 492 g/mol. The van der Waals surface area contributed by atoms with E-state index in [0.29, 0.717) is 36.0 Å². The van der Waals surface area contributed by atoms with E-state index < -0.39 is 0 Å². The molecule has 0 radical (unpaired) electrons. The van der Waals surface area contributed by atoms with Crippen molar-refractivity contribution in [2.24, 2.45) is 5.92 Å². The highest BCUT2D eigenvalue weighted by Crippen LogP contribution is 2.27. The molecule has 0 aliphatic carbocycles. The lowest BCUT2D eigenvalue weighted by atomic mass is 10.1. The molecule has 0 unspecified atom stereocenters. The molecule has 1 aliphatic heterocycles. The number of carbonyl (C=O) groups excluding carboxylic acids is 3. The third-order valence-corrected chi connectivity index (χ3v) is 5.84. The van der Waals surface area contributed by atoms with Crippen molar-refractivity contribution in [1.82, 2.24) is 14.9 Å². The lowest BCUT2D eigenvalue weighted by Gasteiger charge is -2.17. The van der Waals surface area contributed by atoms with E-state index in [-0.39, 0.29) is 36.7 Å². The Morgan fingerprint density at radius 2 is 1.83 bits per heavy atom. The van der Waals surface area contributed by atoms with Crippen LogP contribution in [0.15, 0.2) is 67.3 Å². The van der Waals surface area contributed by atoms with Gasteiger partial charge in [0.25, 0.3) is 5.91 Å². The van der Waals surface area contributed by atoms with Crippen LogP contribution in [0.1, 0.15) is 12.8 Å². The number of aromatic nitrogens is 2. The second-order valence-electron chi connectivity index (χ2n) is 8.41. The summed E-state index contributed by atoms with van der Waals surface area (Å²) in [6.07, 6.45) is 6.30. The van der Waals surface area contributed by atoms with E-state index in [1.807, 2.05) is 10.8 Å². The molecule has 3 amide bonds. The van der Waals surface area contributed by atoms with Gasteiger partial charge in [0, 0.05) is 49.8 Å². The summed E-state index contributed by atoms with van der Waals surface area (Å²) in [5, 5.41) is 5.68. The quantitative estimate of drug-likeness (QED) is 0.398. The minimum absolute atomic E-state index is 0.0962. The van der Waals surface area contributed by atoms with Gasteiger partial charge >= 0.3 is 0 Å². The van der Waals surface area contributed by atoms with Crippen molar-refractivity contribution >= 4 is 29.1 Å². The Bertz CT molecular complexity index is 1160. The monoisotopic (exact) mass is 491 g/mol. The molecule has 188 valence electrons. The lowest BCUT2D eigenvalue weighted by molar-refractivity contribution is -0.126. The average Bonchev–Trinajstić information content (AvgIpc) is 3.56. The van der Waals surface area contributed by atoms with Crippen LogP contribution in [0, 0.1) is 5.92 Å². The first-order valence-electron chi connectivity index (χ1n) is 11.7. The predicted molar refractivity (Wildman–Crippen MR) is 134 cm³/mol. The van der Waals surface area contributed by atoms with Gasteiger partial charge in [-0.1, -0.05) is 0 Å². The van der Waals surface area contributed by atoms with Crippen molar-refractivity contribution < 1.29 is 23.9 Å². The fourth-order valence-corrected chi connectivity index (χ4v) is 3.91. The van der Waals surface area contributed by atoms with E-state index >= 15 is 0 Å². The Morgan fingerprint density at radius 1 is 1.08 bits per heavy atom. The summed E-state index contributed by atoms with van der Waals surface area (Å²) < 4.78 is 12.6. The summed E-state index contributed by atoms with van der Waals surface area (Å²) in [5.41, 5.74) is 1.33. The predicted octanol–water partition coefficient (Wildman–Crippen LogP) is 2.47. The van der Waals surface area contributed by atoms with Crippen LogP contribution in [0.4, 0.5) is 11.4 Å². The first-order valence-corrected chi connectivity index (χ1v) is 11.7. The van der Waals surface area contributed by atoms with Crippen molar-refractivity contribution in [2.45, 2.75) is 19.4 Å². The van der Waals surface area contributed by atoms with Crippen LogP contribution in [0.2, 0.25) is 0 Å². The van der Waals surface area contributed by atoms with Gasteiger partial charge in [-0.3, -0.25) is 14.4 Å². The maximum absolute atomic E-state index is 12.5. The van der Waals surface area contributed by atoms with E-state index in [0.717, 1.165) is 13.0 Å². The molecule has 10 nitrogen and oxygen atoms in total. The first-order chi connectivity index (χ1) is 17.5. The van der Waals surface area contributed by atoms with Gasteiger partial charge in [0.2, 0.25) is 11.8 Å². The van der Waals surface area contributed by atoms with E-state index in [1.54, 1.807) is 73.1 Å². The van der Waals surface area contributed by atoms with Crippen LogP contribution >= 0.6 is 0 Å². The number of rotatable bonds is 11. The van der Waals surface area contributed by atoms with Gasteiger partial charge < -0.3 is 29.6 Å². The second kappa shape index (κ2) is 11.9. The largest absolute Gasteiger partial charge is 0.497 e. The van der Waals surface area contributed by atoms with E-state index in [9.17, 15) is 14.4 Å². The van der Waals surface area contributed by atoms with Crippen molar-refractivity contribution in [3.05, 3.63) is 67.3 Å². The molecule has 36 heavy (non-hydrogen) atoms. The topological polar surface area (TPSA) is 115 Å². The van der Waals surface area contributed by atoms with Crippen molar-refractivity contribution in [3.63, 3.8) is 0 Å². The number of benzene rings is 2. The molecule has 2 heterocycles. The van der Waals surface area contributed by atoms with Gasteiger partial charge in [-0.05, 0) is 55.0 Å². The minimum Gasteiger partial charge on any atom is -0.497 e. The van der Waals surface area contributed by atoms with Crippen molar-refractivity contribution in [3.8, 4) is 11.5 Å². The summed E-state index contributed by atoms with van der Waals surface area (Å²) in [6, 6.07) is 13.9. The van der Waals surface area contributed by atoms with Crippen LogP contribution in [0.3, 0.4) is 0 Å². The molecule has 1 atom stereocenters. The highest BCUT2D eigenvalue weighted by Gasteiger charge is 2.34. The fraction of sp³-hybridized carbons (Fsp3) is 0.308. The summed E-state index contributed by atoms with van der Waals surface area (Å²) >= 11 is 0. The number of hydrogen-bond donors (Lipinski definition) is 2. The van der Waals surface area contributed by atoms with E-state index in [2.05, 4.69) is 15.6 Å². The molecule has 2 N–H and O–H groups in total. The van der Waals surface area contributed by atoms with Gasteiger partial charge in [-0.2, -0.15) is 0 Å². The van der Waals surface area contributed by atoms with E-state index in [1.165, 1.54) is 0 Å². The molecule has 0 saturated carbocycles. The normalized spacial score (nSPS) is 15.0. The zero-order valence-electron chi connectivity index (χ0n) is 20.1. The Balaban J connectivity index is 1.21. The zero-order valence-corrected chi connectivity index (χ0v) is 20.1. The van der Waals surface area contributed by atoms with Gasteiger partial charge in [-0.25, -0.2) is 4.98 Å². The smallest absolute Gasteiger partial charge is 0.262 e. The summed E-state index contributed by atoms with van der Waals surface area (Å²) in [5.74, 6) is 0.318. The van der Waals surface area contributed by atoms with Crippen molar-refractivity contribution in [1.29, 1.82) is 0 Å². The summed E-state index contributed by atoms with van der Waals surface area (Å²) in [6.45, 7) is 1.49. The standard InChI is InChI=1S/C26H29N5O5/c1-35-22-7-3-20(4-8-22)29-24(32)17-36-23-9-5-21(6-10-23)31-16-19(15-25(31)33)26(34)28-11-2-13-30-14-12-27-18-30/h3-10,12,14,18-19H,2,11,13,15-17H2,1H3,(H,28,34)(H,29,32)/t19-/m0/s1. The van der Waals surface area contributed by atoms with Crippen LogP contribution in [-0.2, 0) is 20.9 Å². The maximum atomic E-state index is 12.5. The third kappa shape index (κ3) is 6.62. The van der Waals surface area contributed by atoms with Crippen LogP contribution in [-0.4, -0.2) is 54.1 Å². The number of imidazole rings is 1. The lowest BCUT2D eigenvalue weighted by Crippen LogP contribution is -2.33. The van der Waals surface area contributed by atoms with Gasteiger partial charge in [0.1, 0.15) is 11.5 Å². The molecular weight excluding hydrogens is 462 g/mol. The van der Waals surface area contributed by atoms with Crippen LogP contribution in [0.25, 0.3) is 0 Å². The molecule has 4 rings (SSSR count). The number of ether oxygens (including phenoxy) is 2. The summed E-state index contributed by atoms with van der Waals surface area (Å²) in [7, 11) is 1.58. The van der Waals surface area contributed by atoms with E-state index in [4.69, 9.17) is 9.47 Å². The molecule has 1 saturated heterocycles. The number of hydrogen-bond acceptors (Lipinski definition) is 6. The highest BCUT2D eigenvalue weighted by atomic mass is 16.5. The molecule has 1 aliphatic rings. The first kappa shape index (κ1) is 24.8. The molecule has 10 heteroatoms. The van der Waals surface area contributed by atoms with Crippen molar-refractivity contribution in [2.75, 3.05) is 37.0 Å². The number of carbonyl (C=O) groups is 3. The molecule has 1 aromatic heterocycles. The number of amides is 3. The SMILES string of the molecule is COc1ccc(NC(=O)COc2ccc(N3C[C@@H](C(=O)NCCCn4ccnc4)CC3=O)cc2)cc1. The van der Waals surface area contributed by atoms with Gasteiger partial charge in [0.05, 0.1) is 19.4 Å². The third-order valence-electron chi connectivity index (χ3n) is 5.84. The molecule has 1 fully saturated rings. The minimum atomic E-state index is -0.386.